The first kappa shape index (κ1) is 13.4. The number of nitrogens with zero attached hydrogens (tertiary/aromatic N) is 1. The number of rotatable bonds is 4. The van der Waals surface area contributed by atoms with Crippen molar-refractivity contribution in [2.24, 2.45) is 5.41 Å². The van der Waals surface area contributed by atoms with Crippen molar-refractivity contribution in [1.82, 2.24) is 0 Å². The Labute approximate surface area is 101 Å². The molecule has 4 nitrogen and oxygen atoms in total. The van der Waals surface area contributed by atoms with Gasteiger partial charge in [0.2, 0.25) is 0 Å². The Hall–Kier alpha value is -1.71. The van der Waals surface area contributed by atoms with Crippen LogP contribution in [0.3, 0.4) is 0 Å². The number of aromatic hydroxyl groups is 1. The van der Waals surface area contributed by atoms with Gasteiger partial charge in [-0.3, -0.25) is 4.79 Å². The summed E-state index contributed by atoms with van der Waals surface area (Å²) in [7, 11) is 3.80. The minimum absolute atomic E-state index is 0.143. The summed E-state index contributed by atoms with van der Waals surface area (Å²) in [4.78, 5) is 13.0. The molecule has 1 aromatic rings. The number of carboxylic acid groups (broad SMARTS) is 1. The molecular formula is C13H19NO3. The number of hydrogen-bond donors (Lipinski definition) is 2. The first-order valence-electron chi connectivity index (χ1n) is 5.46. The number of phenols is 1. The minimum atomic E-state index is -0.886. The quantitative estimate of drug-likeness (QED) is 0.842. The molecule has 0 atom stereocenters. The molecule has 0 unspecified atom stereocenters. The van der Waals surface area contributed by atoms with Gasteiger partial charge in [0.25, 0.3) is 0 Å². The molecule has 0 aromatic heterocycles. The molecule has 0 aliphatic heterocycles. The molecule has 0 bridgehead atoms. The van der Waals surface area contributed by atoms with E-state index in [-0.39, 0.29) is 5.75 Å². The van der Waals surface area contributed by atoms with Crippen molar-refractivity contribution < 1.29 is 15.0 Å². The first-order valence-corrected chi connectivity index (χ1v) is 5.46. The van der Waals surface area contributed by atoms with Crippen LogP contribution in [-0.2, 0) is 11.2 Å². The Kier molecular flexibility index (Phi) is 3.66. The first-order chi connectivity index (χ1) is 7.74. The zero-order valence-electron chi connectivity index (χ0n) is 10.7. The molecule has 17 heavy (non-hydrogen) atoms. The molecule has 0 saturated heterocycles. The third kappa shape index (κ3) is 3.12. The highest BCUT2D eigenvalue weighted by Crippen LogP contribution is 2.30. The topological polar surface area (TPSA) is 60.8 Å². The second-order valence-electron chi connectivity index (χ2n) is 5.07. The van der Waals surface area contributed by atoms with E-state index < -0.39 is 11.4 Å². The van der Waals surface area contributed by atoms with Crippen LogP contribution in [0.2, 0.25) is 0 Å². The van der Waals surface area contributed by atoms with Gasteiger partial charge in [-0.1, -0.05) is 0 Å². The summed E-state index contributed by atoms with van der Waals surface area (Å²) < 4.78 is 0. The van der Waals surface area contributed by atoms with Crippen molar-refractivity contribution >= 4 is 11.7 Å². The van der Waals surface area contributed by atoms with E-state index in [1.165, 1.54) is 0 Å². The third-order valence-corrected chi connectivity index (χ3v) is 2.79. The summed E-state index contributed by atoms with van der Waals surface area (Å²) in [5.41, 5.74) is 0.713. The van der Waals surface area contributed by atoms with Crippen LogP contribution >= 0.6 is 0 Å². The fourth-order valence-corrected chi connectivity index (χ4v) is 1.54. The molecule has 0 fully saturated rings. The fraction of sp³-hybridized carbons (Fsp3) is 0.462. The lowest BCUT2D eigenvalue weighted by molar-refractivity contribution is -0.146. The van der Waals surface area contributed by atoms with Gasteiger partial charge < -0.3 is 15.1 Å². The van der Waals surface area contributed by atoms with Crippen molar-refractivity contribution in [1.29, 1.82) is 0 Å². The monoisotopic (exact) mass is 237 g/mol. The van der Waals surface area contributed by atoms with Crippen molar-refractivity contribution in [2.75, 3.05) is 19.0 Å². The van der Waals surface area contributed by atoms with Gasteiger partial charge in [0, 0.05) is 19.8 Å². The van der Waals surface area contributed by atoms with Crippen LogP contribution in [0.4, 0.5) is 5.69 Å². The van der Waals surface area contributed by atoms with Gasteiger partial charge in [-0.05, 0) is 44.0 Å². The highest BCUT2D eigenvalue weighted by Gasteiger charge is 2.28. The Morgan fingerprint density at radius 1 is 1.35 bits per heavy atom. The van der Waals surface area contributed by atoms with Crippen LogP contribution in [0.15, 0.2) is 18.2 Å². The Morgan fingerprint density at radius 2 is 1.94 bits per heavy atom. The van der Waals surface area contributed by atoms with E-state index in [1.54, 1.807) is 26.0 Å². The molecule has 4 heteroatoms. The van der Waals surface area contributed by atoms with Gasteiger partial charge in [-0.25, -0.2) is 0 Å². The maximum absolute atomic E-state index is 11.1. The van der Waals surface area contributed by atoms with Crippen LogP contribution in [0, 0.1) is 5.41 Å². The second kappa shape index (κ2) is 4.65. The molecule has 0 aliphatic carbocycles. The Balaban J connectivity index is 3.05. The van der Waals surface area contributed by atoms with Crippen molar-refractivity contribution in [3.63, 3.8) is 0 Å². The normalized spacial score (nSPS) is 11.3. The van der Waals surface area contributed by atoms with Gasteiger partial charge >= 0.3 is 5.97 Å². The zero-order valence-corrected chi connectivity index (χ0v) is 10.7. The number of carboxylic acids is 1. The largest absolute Gasteiger partial charge is 0.508 e. The maximum atomic E-state index is 11.1. The molecule has 2 N–H and O–H groups in total. The molecule has 0 amide bonds. The number of carbonyl (C=O) groups is 1. The van der Waals surface area contributed by atoms with Crippen molar-refractivity contribution in [2.45, 2.75) is 20.3 Å². The van der Waals surface area contributed by atoms with Crippen LogP contribution in [0.25, 0.3) is 0 Å². The van der Waals surface area contributed by atoms with Crippen molar-refractivity contribution in [3.8, 4) is 5.75 Å². The summed E-state index contributed by atoms with van der Waals surface area (Å²) in [5.74, 6) is -0.725. The van der Waals surface area contributed by atoms with E-state index in [9.17, 15) is 9.90 Å². The van der Waals surface area contributed by atoms with Gasteiger partial charge in [0.05, 0.1) is 5.41 Å². The molecule has 0 spiro atoms. The predicted octanol–water partition coefficient (Wildman–Crippen LogP) is 2.11. The third-order valence-electron chi connectivity index (χ3n) is 2.79. The fourth-order valence-electron chi connectivity index (χ4n) is 1.54. The molecule has 1 rings (SSSR count). The second-order valence-corrected chi connectivity index (χ2v) is 5.07. The standard InChI is InChI=1S/C13H19NO3/c1-13(2,12(16)17)8-9-7-10(14(3)4)5-6-11(9)15/h5-7,15H,8H2,1-4H3,(H,16,17). The van der Waals surface area contributed by atoms with E-state index in [0.717, 1.165) is 5.69 Å². The van der Waals surface area contributed by atoms with Gasteiger partial charge in [-0.2, -0.15) is 0 Å². The molecule has 0 aliphatic rings. The lowest BCUT2D eigenvalue weighted by atomic mass is 9.85. The number of aliphatic carboxylic acids is 1. The van der Waals surface area contributed by atoms with E-state index in [1.807, 2.05) is 25.1 Å². The van der Waals surface area contributed by atoms with E-state index in [4.69, 9.17) is 5.11 Å². The van der Waals surface area contributed by atoms with Crippen LogP contribution in [0.1, 0.15) is 19.4 Å². The van der Waals surface area contributed by atoms with Crippen LogP contribution < -0.4 is 4.90 Å². The predicted molar refractivity (Wildman–Crippen MR) is 67.6 cm³/mol. The van der Waals surface area contributed by atoms with Gasteiger partial charge in [0.15, 0.2) is 0 Å². The lowest BCUT2D eigenvalue weighted by Crippen LogP contribution is -2.26. The van der Waals surface area contributed by atoms with Gasteiger partial charge in [-0.15, -0.1) is 0 Å². The summed E-state index contributed by atoms with van der Waals surface area (Å²) in [5, 5.41) is 18.8. The molecule has 1 aromatic carbocycles. The SMILES string of the molecule is CN(C)c1ccc(O)c(CC(C)(C)C(=O)O)c1. The lowest BCUT2D eigenvalue weighted by Gasteiger charge is -2.21. The summed E-state index contributed by atoms with van der Waals surface area (Å²) >= 11 is 0. The molecule has 0 saturated carbocycles. The van der Waals surface area contributed by atoms with Crippen molar-refractivity contribution in [3.05, 3.63) is 23.8 Å². The Bertz CT molecular complexity index is 425. The maximum Gasteiger partial charge on any atom is 0.309 e. The Morgan fingerprint density at radius 3 is 2.41 bits per heavy atom. The van der Waals surface area contributed by atoms with E-state index in [0.29, 0.717) is 12.0 Å². The van der Waals surface area contributed by atoms with Gasteiger partial charge in [0.1, 0.15) is 5.75 Å². The smallest absolute Gasteiger partial charge is 0.309 e. The number of benzene rings is 1. The summed E-state index contributed by atoms with van der Waals surface area (Å²) in [6, 6.07) is 5.22. The zero-order chi connectivity index (χ0) is 13.2. The molecule has 94 valence electrons. The minimum Gasteiger partial charge on any atom is -0.508 e. The highest BCUT2D eigenvalue weighted by molar-refractivity contribution is 5.74. The molecule has 0 radical (unpaired) electrons. The summed E-state index contributed by atoms with van der Waals surface area (Å²) in [6.07, 6.45) is 0.301. The number of phenolic OH excluding ortho intramolecular Hbond substituents is 1. The molecule has 0 heterocycles. The highest BCUT2D eigenvalue weighted by atomic mass is 16.4. The molecular weight excluding hydrogens is 218 g/mol. The number of hydrogen-bond acceptors (Lipinski definition) is 3. The average Bonchev–Trinajstić information content (AvgIpc) is 2.20. The summed E-state index contributed by atoms with van der Waals surface area (Å²) in [6.45, 7) is 3.30. The van der Waals surface area contributed by atoms with E-state index in [2.05, 4.69) is 0 Å². The van der Waals surface area contributed by atoms with Crippen LogP contribution in [-0.4, -0.2) is 30.3 Å². The van der Waals surface area contributed by atoms with Crippen LogP contribution in [0.5, 0.6) is 5.75 Å². The average molecular weight is 237 g/mol. The van der Waals surface area contributed by atoms with E-state index >= 15 is 0 Å². The number of anilines is 1.